The number of carbonyl (C=O) groups is 1. The van der Waals surface area contributed by atoms with Gasteiger partial charge in [0.25, 0.3) is 0 Å². The summed E-state index contributed by atoms with van der Waals surface area (Å²) in [4.78, 5) is 18.1. The van der Waals surface area contributed by atoms with E-state index in [4.69, 9.17) is 0 Å². The number of aromatic nitrogens is 1. The van der Waals surface area contributed by atoms with Crippen LogP contribution in [0.4, 0.5) is 0 Å². The minimum atomic E-state index is -0.425. The maximum atomic E-state index is 10.5. The van der Waals surface area contributed by atoms with Crippen molar-refractivity contribution in [2.45, 2.75) is 6.92 Å². The van der Waals surface area contributed by atoms with Crippen molar-refractivity contribution in [1.82, 2.24) is 4.98 Å². The van der Waals surface area contributed by atoms with Gasteiger partial charge in [-0.3, -0.25) is 0 Å². The van der Waals surface area contributed by atoms with E-state index in [-0.39, 0.29) is 0 Å². The monoisotopic (exact) mass is 202 g/mol. The van der Waals surface area contributed by atoms with Crippen LogP contribution in [0.25, 0.3) is 10.9 Å². The number of aromatic amines is 1. The average Bonchev–Trinajstić information content (AvgIpc) is 2.62. The Balaban J connectivity index is 2.28. The van der Waals surface area contributed by atoms with E-state index in [0.29, 0.717) is 0 Å². The number of hydrogen-bond donors (Lipinski definition) is 1. The number of H-pyrrole nitrogens is 1. The third-order valence-electron chi connectivity index (χ3n) is 1.99. The Morgan fingerprint density at radius 3 is 3.07 bits per heavy atom. The van der Waals surface area contributed by atoms with Crippen molar-refractivity contribution in [3.8, 4) is 0 Å². The first kappa shape index (κ1) is 9.45. The van der Waals surface area contributed by atoms with Gasteiger partial charge in [0.05, 0.1) is 6.21 Å². The molecule has 2 aromatic rings. The van der Waals surface area contributed by atoms with Gasteiger partial charge in [-0.2, -0.15) is 0 Å². The molecule has 0 atom stereocenters. The molecule has 0 amide bonds. The van der Waals surface area contributed by atoms with Gasteiger partial charge in [0.15, 0.2) is 0 Å². The van der Waals surface area contributed by atoms with Gasteiger partial charge in [-0.05, 0) is 6.07 Å². The SMILES string of the molecule is CC(=O)ON=Cc1c[nH]c2ccccc12. The molecule has 0 saturated carbocycles. The molecule has 0 spiro atoms. The van der Waals surface area contributed by atoms with Gasteiger partial charge in [0, 0.05) is 29.6 Å². The molecule has 4 heteroatoms. The maximum absolute atomic E-state index is 10.5. The third kappa shape index (κ3) is 2.04. The van der Waals surface area contributed by atoms with Gasteiger partial charge < -0.3 is 9.82 Å². The number of nitrogens with zero attached hydrogens (tertiary/aromatic N) is 1. The van der Waals surface area contributed by atoms with E-state index in [1.54, 1.807) is 0 Å². The van der Waals surface area contributed by atoms with E-state index in [1.165, 1.54) is 13.1 Å². The van der Waals surface area contributed by atoms with E-state index in [2.05, 4.69) is 15.0 Å². The highest BCUT2D eigenvalue weighted by Crippen LogP contribution is 2.15. The smallest absolute Gasteiger partial charge is 0.331 e. The number of nitrogens with one attached hydrogen (secondary N) is 1. The fourth-order valence-electron chi connectivity index (χ4n) is 1.36. The third-order valence-corrected chi connectivity index (χ3v) is 1.99. The first-order valence-corrected chi connectivity index (χ1v) is 4.54. The van der Waals surface area contributed by atoms with Crippen molar-refractivity contribution in [1.29, 1.82) is 0 Å². The van der Waals surface area contributed by atoms with Gasteiger partial charge >= 0.3 is 5.97 Å². The van der Waals surface area contributed by atoms with Crippen LogP contribution in [0.1, 0.15) is 12.5 Å². The largest absolute Gasteiger partial charge is 0.361 e. The van der Waals surface area contributed by atoms with Gasteiger partial charge in [-0.25, -0.2) is 4.79 Å². The predicted octanol–water partition coefficient (Wildman–Crippen LogP) is 2.06. The topological polar surface area (TPSA) is 54.4 Å². The van der Waals surface area contributed by atoms with Crippen molar-refractivity contribution in [2.75, 3.05) is 0 Å². The van der Waals surface area contributed by atoms with Crippen LogP contribution in [0, 0.1) is 0 Å². The molecular weight excluding hydrogens is 192 g/mol. The first-order chi connectivity index (χ1) is 7.27. The molecule has 0 aliphatic heterocycles. The molecule has 0 saturated heterocycles. The van der Waals surface area contributed by atoms with Crippen LogP contribution in [0.5, 0.6) is 0 Å². The molecule has 0 aliphatic rings. The van der Waals surface area contributed by atoms with Gasteiger partial charge in [-0.15, -0.1) is 0 Å². The Morgan fingerprint density at radius 2 is 2.27 bits per heavy atom. The van der Waals surface area contributed by atoms with Crippen molar-refractivity contribution in [3.63, 3.8) is 0 Å². The van der Waals surface area contributed by atoms with Crippen LogP contribution in [0.15, 0.2) is 35.6 Å². The number of carbonyl (C=O) groups excluding carboxylic acids is 1. The van der Waals surface area contributed by atoms with Gasteiger partial charge in [0.1, 0.15) is 0 Å². The number of rotatable bonds is 2. The van der Waals surface area contributed by atoms with Gasteiger partial charge in [-0.1, -0.05) is 23.4 Å². The molecule has 1 aromatic heterocycles. The summed E-state index contributed by atoms with van der Waals surface area (Å²) in [6.07, 6.45) is 3.33. The summed E-state index contributed by atoms with van der Waals surface area (Å²) >= 11 is 0. The van der Waals surface area contributed by atoms with Crippen molar-refractivity contribution < 1.29 is 9.63 Å². The summed E-state index contributed by atoms with van der Waals surface area (Å²) in [6, 6.07) is 7.84. The maximum Gasteiger partial charge on any atom is 0.331 e. The van der Waals surface area contributed by atoms with Crippen LogP contribution in [-0.4, -0.2) is 17.2 Å². The van der Waals surface area contributed by atoms with Gasteiger partial charge in [0.2, 0.25) is 0 Å². The number of oxime groups is 1. The van der Waals surface area contributed by atoms with Crippen LogP contribution in [0.2, 0.25) is 0 Å². The molecule has 1 aromatic carbocycles. The summed E-state index contributed by atoms with van der Waals surface area (Å²) in [5.74, 6) is -0.425. The predicted molar refractivity (Wildman–Crippen MR) is 57.7 cm³/mol. The van der Waals surface area contributed by atoms with Crippen LogP contribution < -0.4 is 0 Å². The van der Waals surface area contributed by atoms with Crippen LogP contribution >= 0.6 is 0 Å². The minimum absolute atomic E-state index is 0.425. The highest BCUT2D eigenvalue weighted by atomic mass is 16.7. The minimum Gasteiger partial charge on any atom is -0.361 e. The molecule has 0 bridgehead atoms. The lowest BCUT2D eigenvalue weighted by molar-refractivity contribution is -0.140. The standard InChI is InChI=1S/C11H10N2O2/c1-8(14)15-13-7-9-6-12-11-5-3-2-4-10(9)11/h2-7,12H,1H3. The lowest BCUT2D eigenvalue weighted by Crippen LogP contribution is -1.91. The summed E-state index contributed by atoms with van der Waals surface area (Å²) in [7, 11) is 0. The van der Waals surface area contributed by atoms with E-state index in [0.717, 1.165) is 16.5 Å². The van der Waals surface area contributed by atoms with E-state index in [9.17, 15) is 4.79 Å². The summed E-state index contributed by atoms with van der Waals surface area (Å²) in [5, 5.41) is 4.62. The van der Waals surface area contributed by atoms with E-state index in [1.807, 2.05) is 30.5 Å². The van der Waals surface area contributed by atoms with Crippen molar-refractivity contribution in [3.05, 3.63) is 36.0 Å². The molecule has 0 aliphatic carbocycles. The quantitative estimate of drug-likeness (QED) is 0.460. The Morgan fingerprint density at radius 1 is 1.47 bits per heavy atom. The van der Waals surface area contributed by atoms with E-state index < -0.39 is 5.97 Å². The average molecular weight is 202 g/mol. The highest BCUT2D eigenvalue weighted by Gasteiger charge is 1.99. The zero-order valence-electron chi connectivity index (χ0n) is 8.23. The zero-order valence-corrected chi connectivity index (χ0v) is 8.23. The fraction of sp³-hybridized carbons (Fsp3) is 0.0909. The Kier molecular flexibility index (Phi) is 2.49. The van der Waals surface area contributed by atoms with E-state index >= 15 is 0 Å². The number of fused-ring (bicyclic) bond motifs is 1. The summed E-state index contributed by atoms with van der Waals surface area (Å²) in [6.45, 7) is 1.31. The van der Waals surface area contributed by atoms with Crippen LogP contribution in [0.3, 0.4) is 0 Å². The highest BCUT2D eigenvalue weighted by molar-refractivity contribution is 5.98. The Bertz CT molecular complexity index is 514. The normalized spacial score (nSPS) is 11.0. The molecule has 76 valence electrons. The zero-order chi connectivity index (χ0) is 10.7. The number of para-hydroxylation sites is 1. The van der Waals surface area contributed by atoms with Crippen LogP contribution in [-0.2, 0) is 9.63 Å². The lowest BCUT2D eigenvalue weighted by Gasteiger charge is -1.90. The first-order valence-electron chi connectivity index (χ1n) is 4.54. The Hall–Kier alpha value is -2.10. The summed E-state index contributed by atoms with van der Waals surface area (Å²) < 4.78 is 0. The number of benzene rings is 1. The molecule has 0 radical (unpaired) electrons. The fourth-order valence-corrected chi connectivity index (χ4v) is 1.36. The molecule has 4 nitrogen and oxygen atoms in total. The molecule has 1 heterocycles. The molecule has 0 fully saturated rings. The molecular formula is C11H10N2O2. The molecule has 1 N–H and O–H groups in total. The second-order valence-corrected chi connectivity index (χ2v) is 3.11. The molecule has 15 heavy (non-hydrogen) atoms. The second-order valence-electron chi connectivity index (χ2n) is 3.11. The second kappa shape index (κ2) is 3.96. The Labute approximate surface area is 86.5 Å². The lowest BCUT2D eigenvalue weighted by atomic mass is 10.2. The molecule has 2 rings (SSSR count). The van der Waals surface area contributed by atoms with Crippen molar-refractivity contribution in [2.24, 2.45) is 5.16 Å². The number of hydrogen-bond acceptors (Lipinski definition) is 3. The molecule has 0 unspecified atom stereocenters. The van der Waals surface area contributed by atoms with Crippen molar-refractivity contribution >= 4 is 23.1 Å². The summed E-state index contributed by atoms with van der Waals surface area (Å²) in [5.41, 5.74) is 1.92.